The van der Waals surface area contributed by atoms with Crippen molar-refractivity contribution < 1.29 is 0 Å². The highest BCUT2D eigenvalue weighted by Gasteiger charge is 2.05. The largest absolute Gasteiger partial charge is 0.398 e. The van der Waals surface area contributed by atoms with Crippen LogP contribution in [0.2, 0.25) is 0 Å². The lowest BCUT2D eigenvalue weighted by atomic mass is 10.0. The van der Waals surface area contributed by atoms with Crippen LogP contribution in [-0.4, -0.2) is 18.8 Å². The fourth-order valence-corrected chi connectivity index (χ4v) is 4.04. The second-order valence-corrected chi connectivity index (χ2v) is 10.00. The first-order chi connectivity index (χ1) is 17.7. The van der Waals surface area contributed by atoms with E-state index in [0.29, 0.717) is 17.0 Å². The van der Waals surface area contributed by atoms with E-state index in [1.807, 2.05) is 44.2 Å². The van der Waals surface area contributed by atoms with Crippen molar-refractivity contribution in [2.24, 2.45) is 5.73 Å². The Kier molecular flexibility index (Phi) is 15.6. The summed E-state index contributed by atoms with van der Waals surface area (Å²) in [6.45, 7) is 20.9. The van der Waals surface area contributed by atoms with Gasteiger partial charge in [-0.25, -0.2) is 0 Å². The summed E-state index contributed by atoms with van der Waals surface area (Å²) in [6, 6.07) is 12.4. The lowest BCUT2D eigenvalue weighted by Gasteiger charge is -2.12. The van der Waals surface area contributed by atoms with Crippen molar-refractivity contribution in [2.45, 2.75) is 60.3 Å². The van der Waals surface area contributed by atoms with Crippen LogP contribution < -0.4 is 16.4 Å². The van der Waals surface area contributed by atoms with Gasteiger partial charge in [0.2, 0.25) is 0 Å². The van der Waals surface area contributed by atoms with Gasteiger partial charge in [0.15, 0.2) is 0 Å². The zero-order valence-corrected chi connectivity index (χ0v) is 24.2. The Labute approximate surface area is 229 Å². The van der Waals surface area contributed by atoms with Crippen molar-refractivity contribution in [2.75, 3.05) is 13.1 Å². The zero-order valence-electron chi connectivity index (χ0n) is 23.4. The standard InChI is InChI=1S/C26H31N3S.C6H15N/c1-6-22-9-7-10-23(17-22)12-13-25(27)20(4)26(28)15-18(2)21(5)29-19(3)16-24-11-8-14-30-24;1-3-5-7-6-4-2/h7-15,17,27,29H,3-4,6,16,28H2,1-2,5H3;7H,3-6H2,1-2H3/b13-12+,21-18+,26-15+,27-25?;. The number of benzene rings is 1. The first kappa shape index (κ1) is 31.9. The van der Waals surface area contributed by atoms with Gasteiger partial charge in [0, 0.05) is 34.0 Å². The van der Waals surface area contributed by atoms with Gasteiger partial charge >= 0.3 is 0 Å². The fourth-order valence-electron chi connectivity index (χ4n) is 3.29. The lowest BCUT2D eigenvalue weighted by molar-refractivity contribution is 0.662. The molecule has 5 N–H and O–H groups in total. The van der Waals surface area contributed by atoms with Gasteiger partial charge in [-0.1, -0.05) is 70.3 Å². The number of hydrogen-bond donors (Lipinski definition) is 4. The molecule has 0 aliphatic heterocycles. The van der Waals surface area contributed by atoms with Gasteiger partial charge < -0.3 is 21.8 Å². The molecule has 1 aromatic heterocycles. The van der Waals surface area contributed by atoms with Crippen molar-refractivity contribution in [3.05, 3.63) is 111 Å². The predicted molar refractivity (Wildman–Crippen MR) is 166 cm³/mol. The summed E-state index contributed by atoms with van der Waals surface area (Å²) >= 11 is 1.72. The van der Waals surface area contributed by atoms with Crippen molar-refractivity contribution >= 4 is 23.1 Å². The second kappa shape index (κ2) is 18.1. The molecule has 0 saturated carbocycles. The van der Waals surface area contributed by atoms with Crippen LogP contribution in [0.3, 0.4) is 0 Å². The molecule has 0 aliphatic rings. The van der Waals surface area contributed by atoms with E-state index in [4.69, 9.17) is 11.1 Å². The Hall–Kier alpha value is -3.15. The Morgan fingerprint density at radius 2 is 1.76 bits per heavy atom. The van der Waals surface area contributed by atoms with Crippen LogP contribution in [0.1, 0.15) is 63.5 Å². The first-order valence-corrected chi connectivity index (χ1v) is 14.0. The monoisotopic (exact) mass is 518 g/mol. The van der Waals surface area contributed by atoms with E-state index in [1.165, 1.54) is 36.4 Å². The third-order valence-electron chi connectivity index (χ3n) is 5.62. The lowest BCUT2D eigenvalue weighted by Crippen LogP contribution is -2.14. The molecule has 1 aromatic carbocycles. The van der Waals surface area contributed by atoms with Crippen molar-refractivity contribution in [1.82, 2.24) is 10.6 Å². The maximum atomic E-state index is 8.30. The van der Waals surface area contributed by atoms with Crippen molar-refractivity contribution in [3.8, 4) is 0 Å². The molecular formula is C32H46N4S. The average Bonchev–Trinajstić information content (AvgIpc) is 3.40. The number of allylic oxidation sites excluding steroid dienone is 6. The Morgan fingerprint density at radius 1 is 1.05 bits per heavy atom. The maximum absolute atomic E-state index is 8.30. The molecule has 0 bridgehead atoms. The topological polar surface area (TPSA) is 73.9 Å². The maximum Gasteiger partial charge on any atom is 0.0627 e. The molecule has 0 aliphatic carbocycles. The predicted octanol–water partition coefficient (Wildman–Crippen LogP) is 7.78. The molecule has 200 valence electrons. The van der Waals surface area contributed by atoms with E-state index < -0.39 is 0 Å². The van der Waals surface area contributed by atoms with Gasteiger partial charge in [0.1, 0.15) is 0 Å². The van der Waals surface area contributed by atoms with E-state index in [2.05, 4.69) is 68.1 Å². The zero-order chi connectivity index (χ0) is 27.6. The van der Waals surface area contributed by atoms with E-state index in [-0.39, 0.29) is 0 Å². The van der Waals surface area contributed by atoms with Gasteiger partial charge in [0.25, 0.3) is 0 Å². The Balaban J connectivity index is 0.000000856. The smallest absolute Gasteiger partial charge is 0.0627 e. The third kappa shape index (κ3) is 13.1. The highest BCUT2D eigenvalue weighted by atomic mass is 32.1. The first-order valence-electron chi connectivity index (χ1n) is 13.1. The van der Waals surface area contributed by atoms with Gasteiger partial charge in [0.05, 0.1) is 5.71 Å². The number of thiophene rings is 1. The number of nitrogens with two attached hydrogens (primary N) is 1. The summed E-state index contributed by atoms with van der Waals surface area (Å²) < 4.78 is 0. The number of aryl methyl sites for hydroxylation is 1. The normalized spacial score (nSPS) is 12.0. The average molecular weight is 519 g/mol. The molecule has 0 unspecified atom stereocenters. The molecule has 37 heavy (non-hydrogen) atoms. The molecular weight excluding hydrogens is 472 g/mol. The molecule has 1 heterocycles. The third-order valence-corrected chi connectivity index (χ3v) is 6.50. The van der Waals surface area contributed by atoms with E-state index >= 15 is 0 Å². The minimum atomic E-state index is 0.297. The van der Waals surface area contributed by atoms with E-state index in [1.54, 1.807) is 17.4 Å². The summed E-state index contributed by atoms with van der Waals surface area (Å²) in [6.07, 6.45) is 9.79. The van der Waals surface area contributed by atoms with Crippen LogP contribution in [0.4, 0.5) is 0 Å². The summed E-state index contributed by atoms with van der Waals surface area (Å²) in [5, 5.41) is 17.0. The van der Waals surface area contributed by atoms with Gasteiger partial charge in [-0.05, 0) is 86.5 Å². The summed E-state index contributed by atoms with van der Waals surface area (Å²) in [4.78, 5) is 1.27. The van der Waals surface area contributed by atoms with E-state index in [9.17, 15) is 0 Å². The molecule has 2 aromatic rings. The van der Waals surface area contributed by atoms with Gasteiger partial charge in [-0.2, -0.15) is 0 Å². The summed E-state index contributed by atoms with van der Waals surface area (Å²) in [5.41, 5.74) is 12.7. The minimum absolute atomic E-state index is 0.297. The molecule has 0 atom stereocenters. The highest BCUT2D eigenvalue weighted by Crippen LogP contribution is 2.15. The molecule has 0 fully saturated rings. The summed E-state index contributed by atoms with van der Waals surface area (Å²) in [7, 11) is 0. The molecule has 2 rings (SSSR count). The molecule has 0 amide bonds. The van der Waals surface area contributed by atoms with Crippen LogP contribution in [0.25, 0.3) is 6.08 Å². The van der Waals surface area contributed by atoms with Gasteiger partial charge in [-0.15, -0.1) is 11.3 Å². The molecule has 0 radical (unpaired) electrons. The second-order valence-electron chi connectivity index (χ2n) is 8.97. The van der Waals surface area contributed by atoms with Crippen molar-refractivity contribution in [3.63, 3.8) is 0 Å². The molecule has 0 spiro atoms. The van der Waals surface area contributed by atoms with Crippen LogP contribution in [-0.2, 0) is 12.8 Å². The fraction of sp³-hybridized carbons (Fsp3) is 0.344. The Morgan fingerprint density at radius 3 is 2.35 bits per heavy atom. The van der Waals surface area contributed by atoms with Gasteiger partial charge in [-0.3, -0.25) is 0 Å². The molecule has 0 saturated heterocycles. The number of hydrogen-bond acceptors (Lipinski definition) is 5. The highest BCUT2D eigenvalue weighted by molar-refractivity contribution is 7.09. The quantitative estimate of drug-likeness (QED) is 0.117. The summed E-state index contributed by atoms with van der Waals surface area (Å²) in [5.74, 6) is 0. The molecule has 4 nitrogen and oxygen atoms in total. The van der Waals surface area contributed by atoms with E-state index in [0.717, 1.165) is 35.4 Å². The number of nitrogens with one attached hydrogen (secondary N) is 3. The van der Waals surface area contributed by atoms with Crippen LogP contribution in [0.15, 0.2) is 95.3 Å². The SMILES string of the molecule is C=C(Cc1cccs1)N/C(C)=C(C)/C=C(/N)C(=C)C(=N)/C=C/c1cccc(CC)c1.CCCNCCC. The molecule has 5 heteroatoms. The van der Waals surface area contributed by atoms with Crippen molar-refractivity contribution in [1.29, 1.82) is 5.41 Å². The number of rotatable bonds is 14. The Bertz CT molecular complexity index is 1080. The van der Waals surface area contributed by atoms with Crippen LogP contribution in [0.5, 0.6) is 0 Å². The van der Waals surface area contributed by atoms with Crippen LogP contribution >= 0.6 is 11.3 Å². The minimum Gasteiger partial charge on any atom is -0.398 e. The van der Waals surface area contributed by atoms with Crippen LogP contribution in [0, 0.1) is 5.41 Å².